The maximum absolute atomic E-state index is 12.3. The number of hydrogen-bond donors (Lipinski definition) is 1. The Balaban J connectivity index is 1.98. The van der Waals surface area contributed by atoms with Crippen LogP contribution in [0.15, 0.2) is 48.5 Å². The van der Waals surface area contributed by atoms with Gasteiger partial charge in [-0.1, -0.05) is 11.8 Å². The Morgan fingerprint density at radius 2 is 1.45 bits per heavy atom. The van der Waals surface area contributed by atoms with Crippen LogP contribution in [0.3, 0.4) is 0 Å². The summed E-state index contributed by atoms with van der Waals surface area (Å²) >= 11 is 0. The minimum atomic E-state index is -1.22. The third-order valence-corrected chi connectivity index (χ3v) is 4.04. The highest BCUT2D eigenvalue weighted by atomic mass is 16.6. The van der Waals surface area contributed by atoms with Gasteiger partial charge < -0.3 is 19.5 Å². The second kappa shape index (κ2) is 11.4. The Bertz CT molecular complexity index is 1100. The molecule has 0 spiro atoms. The number of hydrogen-bond acceptors (Lipinski definition) is 7. The van der Waals surface area contributed by atoms with Crippen LogP contribution >= 0.6 is 0 Å². The van der Waals surface area contributed by atoms with Crippen molar-refractivity contribution in [3.63, 3.8) is 0 Å². The first kappa shape index (κ1) is 25.0. The number of ether oxygens (including phenoxy) is 3. The number of nitrogens with zero attached hydrogens (tertiary/aromatic N) is 1. The minimum Gasteiger partial charge on any atom is -0.467 e. The molecule has 2 aromatic carbocycles. The third kappa shape index (κ3) is 8.39. The number of methoxy groups -OCH3 is 1. The summed E-state index contributed by atoms with van der Waals surface area (Å²) in [5.41, 5.74) is 1.48. The summed E-state index contributed by atoms with van der Waals surface area (Å²) in [4.78, 5) is 36.2. The van der Waals surface area contributed by atoms with Crippen molar-refractivity contribution in [1.82, 2.24) is 5.32 Å². The third-order valence-electron chi connectivity index (χ3n) is 4.04. The van der Waals surface area contributed by atoms with E-state index in [1.54, 1.807) is 69.3 Å². The SMILES string of the molecule is COC(=O)[C@H](COC(=O)c1ccc(C#Cc2ccc(C#N)cc2)cc1)NC(=O)OC(C)(C)C. The van der Waals surface area contributed by atoms with E-state index < -0.39 is 36.3 Å². The van der Waals surface area contributed by atoms with Gasteiger partial charge in [0.15, 0.2) is 6.04 Å². The first-order chi connectivity index (χ1) is 15.6. The van der Waals surface area contributed by atoms with Gasteiger partial charge in [-0.25, -0.2) is 14.4 Å². The number of nitriles is 1. The zero-order chi connectivity index (χ0) is 24.4. The average molecular weight is 448 g/mol. The molecule has 170 valence electrons. The van der Waals surface area contributed by atoms with Crippen molar-refractivity contribution in [2.45, 2.75) is 32.4 Å². The van der Waals surface area contributed by atoms with E-state index in [9.17, 15) is 14.4 Å². The number of carbonyl (C=O) groups is 3. The summed E-state index contributed by atoms with van der Waals surface area (Å²) in [6, 6.07) is 14.1. The van der Waals surface area contributed by atoms with Crippen LogP contribution in [0.4, 0.5) is 4.79 Å². The van der Waals surface area contributed by atoms with Crippen molar-refractivity contribution < 1.29 is 28.6 Å². The molecule has 0 aliphatic heterocycles. The van der Waals surface area contributed by atoms with Crippen LogP contribution in [0.1, 0.15) is 47.8 Å². The highest BCUT2D eigenvalue weighted by molar-refractivity contribution is 5.90. The predicted octanol–water partition coefficient (Wildman–Crippen LogP) is 3.18. The van der Waals surface area contributed by atoms with Crippen LogP contribution in [0.2, 0.25) is 0 Å². The molecule has 0 aliphatic carbocycles. The van der Waals surface area contributed by atoms with Gasteiger partial charge in [0.25, 0.3) is 0 Å². The molecule has 8 nitrogen and oxygen atoms in total. The van der Waals surface area contributed by atoms with E-state index >= 15 is 0 Å². The van der Waals surface area contributed by atoms with Crippen LogP contribution < -0.4 is 5.32 Å². The van der Waals surface area contributed by atoms with Crippen LogP contribution in [-0.2, 0) is 19.0 Å². The summed E-state index contributed by atoms with van der Waals surface area (Å²) in [7, 11) is 1.16. The van der Waals surface area contributed by atoms with Gasteiger partial charge in [0.2, 0.25) is 0 Å². The van der Waals surface area contributed by atoms with E-state index in [2.05, 4.69) is 21.9 Å². The lowest BCUT2D eigenvalue weighted by Crippen LogP contribution is -2.47. The Morgan fingerprint density at radius 3 is 1.94 bits per heavy atom. The molecule has 8 heteroatoms. The fourth-order valence-electron chi connectivity index (χ4n) is 2.47. The first-order valence-corrected chi connectivity index (χ1v) is 9.98. The van der Waals surface area contributed by atoms with Gasteiger partial charge in [-0.3, -0.25) is 0 Å². The van der Waals surface area contributed by atoms with Crippen LogP contribution in [-0.4, -0.2) is 43.4 Å². The average Bonchev–Trinajstić information content (AvgIpc) is 2.79. The molecular weight excluding hydrogens is 424 g/mol. The Morgan fingerprint density at radius 1 is 0.939 bits per heavy atom. The van der Waals surface area contributed by atoms with Gasteiger partial charge in [0.05, 0.1) is 24.3 Å². The molecular formula is C25H24N2O6. The number of alkyl carbamates (subject to hydrolysis) is 1. The normalized spacial score (nSPS) is 11.1. The van der Waals surface area contributed by atoms with Crippen molar-refractivity contribution in [2.24, 2.45) is 0 Å². The fourth-order valence-corrected chi connectivity index (χ4v) is 2.47. The minimum absolute atomic E-state index is 0.250. The molecule has 33 heavy (non-hydrogen) atoms. The molecule has 0 radical (unpaired) electrons. The second-order valence-corrected chi connectivity index (χ2v) is 7.84. The Labute approximate surface area is 192 Å². The second-order valence-electron chi connectivity index (χ2n) is 7.84. The monoisotopic (exact) mass is 448 g/mol. The van der Waals surface area contributed by atoms with Crippen LogP contribution in [0.5, 0.6) is 0 Å². The first-order valence-electron chi connectivity index (χ1n) is 9.98. The zero-order valence-corrected chi connectivity index (χ0v) is 18.8. The van der Waals surface area contributed by atoms with Crippen molar-refractivity contribution in [3.05, 3.63) is 70.8 Å². The molecule has 0 bridgehead atoms. The lowest BCUT2D eigenvalue weighted by atomic mass is 10.1. The molecule has 1 atom stereocenters. The molecule has 0 aliphatic rings. The maximum atomic E-state index is 12.3. The summed E-state index contributed by atoms with van der Waals surface area (Å²) in [5, 5.41) is 11.2. The quantitative estimate of drug-likeness (QED) is 0.424. The number of benzene rings is 2. The standard InChI is InChI=1S/C25H24N2O6/c1-25(2,3)33-24(30)27-21(23(29)31-4)16-32-22(28)20-13-11-18(12-14-20)6-5-17-7-9-19(15-26)10-8-17/h7-14,21H,16H2,1-4H3,(H,27,30)/t21-/m0/s1. The summed E-state index contributed by atoms with van der Waals surface area (Å²) in [6.07, 6.45) is -0.834. The highest BCUT2D eigenvalue weighted by Gasteiger charge is 2.26. The number of esters is 2. The largest absolute Gasteiger partial charge is 0.467 e. The lowest BCUT2D eigenvalue weighted by molar-refractivity contribution is -0.144. The topological polar surface area (TPSA) is 115 Å². The number of nitrogens with one attached hydrogen (secondary N) is 1. The molecule has 0 heterocycles. The zero-order valence-electron chi connectivity index (χ0n) is 18.8. The maximum Gasteiger partial charge on any atom is 0.408 e. The molecule has 1 N–H and O–H groups in total. The highest BCUT2D eigenvalue weighted by Crippen LogP contribution is 2.09. The van der Waals surface area contributed by atoms with Crippen molar-refractivity contribution in [2.75, 3.05) is 13.7 Å². The number of carbonyl (C=O) groups excluding carboxylic acids is 3. The van der Waals surface area contributed by atoms with E-state index in [1.165, 1.54) is 0 Å². The van der Waals surface area contributed by atoms with Crippen molar-refractivity contribution >= 4 is 18.0 Å². The molecule has 0 fully saturated rings. The molecule has 0 saturated carbocycles. The molecule has 2 rings (SSSR count). The van der Waals surface area contributed by atoms with Gasteiger partial charge in [-0.05, 0) is 69.3 Å². The van der Waals surface area contributed by atoms with E-state index in [-0.39, 0.29) is 5.56 Å². The van der Waals surface area contributed by atoms with E-state index in [4.69, 9.17) is 14.7 Å². The summed E-state index contributed by atoms with van der Waals surface area (Å²) in [5.74, 6) is 4.49. The van der Waals surface area contributed by atoms with Gasteiger partial charge in [-0.2, -0.15) is 5.26 Å². The smallest absolute Gasteiger partial charge is 0.408 e. The van der Waals surface area contributed by atoms with Crippen LogP contribution in [0.25, 0.3) is 0 Å². The van der Waals surface area contributed by atoms with Gasteiger partial charge in [-0.15, -0.1) is 0 Å². The fraction of sp³-hybridized carbons (Fsp3) is 0.280. The molecule has 1 amide bonds. The Hall–Kier alpha value is -4.30. The van der Waals surface area contributed by atoms with Gasteiger partial charge in [0.1, 0.15) is 12.2 Å². The lowest BCUT2D eigenvalue weighted by Gasteiger charge is -2.22. The van der Waals surface area contributed by atoms with E-state index in [0.29, 0.717) is 11.1 Å². The van der Waals surface area contributed by atoms with E-state index in [0.717, 1.165) is 12.7 Å². The molecule has 0 aromatic heterocycles. The number of amides is 1. The summed E-state index contributed by atoms with van der Waals surface area (Å²) in [6.45, 7) is 4.61. The van der Waals surface area contributed by atoms with Crippen molar-refractivity contribution in [3.8, 4) is 17.9 Å². The van der Waals surface area contributed by atoms with E-state index in [1.807, 2.05) is 6.07 Å². The molecule has 2 aromatic rings. The molecule has 0 saturated heterocycles. The Kier molecular flexibility index (Phi) is 8.59. The number of rotatable bonds is 5. The van der Waals surface area contributed by atoms with Crippen molar-refractivity contribution in [1.29, 1.82) is 5.26 Å². The van der Waals surface area contributed by atoms with Gasteiger partial charge >= 0.3 is 18.0 Å². The van der Waals surface area contributed by atoms with Gasteiger partial charge in [0, 0.05) is 11.1 Å². The van der Waals surface area contributed by atoms with Crippen LogP contribution in [0, 0.1) is 23.2 Å². The molecule has 0 unspecified atom stereocenters. The summed E-state index contributed by atoms with van der Waals surface area (Å²) < 4.78 is 14.9. The predicted molar refractivity (Wildman–Crippen MR) is 119 cm³/mol.